The molecule has 1 atom stereocenters. The van der Waals surface area contributed by atoms with Crippen LogP contribution in [-0.4, -0.2) is 65.6 Å². The van der Waals surface area contributed by atoms with Gasteiger partial charge in [-0.15, -0.1) is 0 Å². The van der Waals surface area contributed by atoms with Crippen LogP contribution in [0.2, 0.25) is 10.3 Å². The number of carbonyl (C=O) groups is 2. The summed E-state index contributed by atoms with van der Waals surface area (Å²) in [5.41, 5.74) is 0.345. The van der Waals surface area contributed by atoms with E-state index in [-0.39, 0.29) is 28.8 Å². The van der Waals surface area contributed by atoms with Gasteiger partial charge in [0.1, 0.15) is 11.6 Å². The lowest BCUT2D eigenvalue weighted by atomic mass is 10.1. The first kappa shape index (κ1) is 19.4. The molecule has 142 valence electrons. The Balaban J connectivity index is 1.60. The minimum absolute atomic E-state index is 0.0498. The fraction of sp³-hybridized carbons (Fsp3) is 0.588. The predicted molar refractivity (Wildman–Crippen MR) is 99.2 cm³/mol. The number of morpholine rings is 1. The molecule has 1 N–H and O–H groups in total. The fourth-order valence-electron chi connectivity index (χ4n) is 3.40. The second kappa shape index (κ2) is 8.99. The number of nitrogens with one attached hydrogen (secondary N) is 1. The summed E-state index contributed by atoms with van der Waals surface area (Å²) in [7, 11) is 0. The molecular weight excluding hydrogens is 379 g/mol. The lowest BCUT2D eigenvalue weighted by molar-refractivity contribution is -0.144. The summed E-state index contributed by atoms with van der Waals surface area (Å²) in [6.45, 7) is 3.67. The van der Waals surface area contributed by atoms with Gasteiger partial charge in [-0.25, -0.2) is 4.98 Å². The molecule has 2 fully saturated rings. The molecule has 2 amide bonds. The minimum Gasteiger partial charge on any atom is -0.379 e. The molecule has 1 unspecified atom stereocenters. The van der Waals surface area contributed by atoms with Crippen molar-refractivity contribution in [1.29, 1.82) is 0 Å². The standard InChI is InChI=1S/C17H22Cl2N4O3/c18-13-5-4-12(17(19)21-13)20-14(24)11-16(25)23-6-2-1-3-15(23)22-7-9-26-10-8-22/h4-5,15H,1-3,6-11H2,(H,20,24). The molecule has 26 heavy (non-hydrogen) atoms. The molecule has 0 saturated carbocycles. The number of anilines is 1. The SMILES string of the molecule is O=C(CC(=O)N1CCCCC1N1CCOCC1)Nc1ccc(Cl)nc1Cl. The van der Waals surface area contributed by atoms with Crippen LogP contribution in [0.5, 0.6) is 0 Å². The van der Waals surface area contributed by atoms with Crippen LogP contribution in [0.1, 0.15) is 25.7 Å². The number of piperidine rings is 1. The summed E-state index contributed by atoms with van der Waals surface area (Å²) >= 11 is 11.7. The van der Waals surface area contributed by atoms with Crippen molar-refractivity contribution in [3.8, 4) is 0 Å². The third-order valence-corrected chi connectivity index (χ3v) is 5.16. The first-order valence-corrected chi connectivity index (χ1v) is 9.53. The number of ether oxygens (including phenoxy) is 1. The van der Waals surface area contributed by atoms with Gasteiger partial charge in [0.2, 0.25) is 11.8 Å². The molecule has 0 aromatic carbocycles. The molecule has 7 nitrogen and oxygen atoms in total. The second-order valence-corrected chi connectivity index (χ2v) is 7.15. The maximum Gasteiger partial charge on any atom is 0.233 e. The quantitative estimate of drug-likeness (QED) is 0.620. The number of likely N-dealkylation sites (tertiary alicyclic amines) is 1. The van der Waals surface area contributed by atoms with Crippen LogP contribution < -0.4 is 5.32 Å². The molecule has 1 aromatic rings. The van der Waals surface area contributed by atoms with Gasteiger partial charge in [0, 0.05) is 19.6 Å². The van der Waals surface area contributed by atoms with E-state index in [0.29, 0.717) is 25.4 Å². The molecule has 0 aliphatic carbocycles. The van der Waals surface area contributed by atoms with E-state index in [4.69, 9.17) is 27.9 Å². The Hall–Kier alpha value is -1.41. The highest BCUT2D eigenvalue weighted by Crippen LogP contribution is 2.24. The van der Waals surface area contributed by atoms with Crippen LogP contribution in [-0.2, 0) is 14.3 Å². The van der Waals surface area contributed by atoms with Crippen LogP contribution >= 0.6 is 23.2 Å². The zero-order valence-corrected chi connectivity index (χ0v) is 15.9. The Morgan fingerprint density at radius 1 is 1.19 bits per heavy atom. The molecule has 2 saturated heterocycles. The Morgan fingerprint density at radius 3 is 2.69 bits per heavy atom. The number of rotatable bonds is 4. The lowest BCUT2D eigenvalue weighted by Gasteiger charge is -2.44. The molecule has 3 heterocycles. The van der Waals surface area contributed by atoms with E-state index in [1.165, 1.54) is 6.07 Å². The number of hydrogen-bond donors (Lipinski definition) is 1. The van der Waals surface area contributed by atoms with Gasteiger partial charge in [-0.05, 0) is 31.4 Å². The molecular formula is C17H22Cl2N4O3. The highest BCUT2D eigenvalue weighted by Gasteiger charge is 2.32. The van der Waals surface area contributed by atoms with Crippen LogP contribution in [0, 0.1) is 0 Å². The summed E-state index contributed by atoms with van der Waals surface area (Å²) in [5.74, 6) is -0.580. The molecule has 0 radical (unpaired) electrons. The van der Waals surface area contributed by atoms with Gasteiger partial charge in [-0.1, -0.05) is 23.2 Å². The van der Waals surface area contributed by atoms with Crippen molar-refractivity contribution in [3.05, 3.63) is 22.4 Å². The number of hydrogen-bond acceptors (Lipinski definition) is 5. The zero-order valence-electron chi connectivity index (χ0n) is 14.4. The first-order chi connectivity index (χ1) is 12.5. The Bertz CT molecular complexity index is 667. The normalized spacial score (nSPS) is 21.5. The van der Waals surface area contributed by atoms with Crippen molar-refractivity contribution in [1.82, 2.24) is 14.8 Å². The van der Waals surface area contributed by atoms with E-state index in [9.17, 15) is 9.59 Å². The van der Waals surface area contributed by atoms with Gasteiger partial charge in [-0.2, -0.15) is 0 Å². The summed E-state index contributed by atoms with van der Waals surface area (Å²) < 4.78 is 5.40. The summed E-state index contributed by atoms with van der Waals surface area (Å²) in [6.07, 6.45) is 2.80. The molecule has 1 aromatic heterocycles. The topological polar surface area (TPSA) is 74.8 Å². The number of halogens is 2. The summed E-state index contributed by atoms with van der Waals surface area (Å²) in [4.78, 5) is 33.0. The highest BCUT2D eigenvalue weighted by molar-refractivity contribution is 6.34. The molecule has 3 rings (SSSR count). The fourth-order valence-corrected chi connectivity index (χ4v) is 3.79. The Labute approximate surface area is 162 Å². The largest absolute Gasteiger partial charge is 0.379 e. The van der Waals surface area contributed by atoms with E-state index < -0.39 is 5.91 Å². The minimum atomic E-state index is -0.410. The van der Waals surface area contributed by atoms with Crippen molar-refractivity contribution in [2.75, 3.05) is 38.2 Å². The average molecular weight is 401 g/mol. The van der Waals surface area contributed by atoms with E-state index >= 15 is 0 Å². The Morgan fingerprint density at radius 2 is 1.96 bits per heavy atom. The average Bonchev–Trinajstić information content (AvgIpc) is 2.65. The van der Waals surface area contributed by atoms with E-state index in [1.54, 1.807) is 6.07 Å². The third kappa shape index (κ3) is 4.85. The van der Waals surface area contributed by atoms with Gasteiger partial charge in [0.05, 0.1) is 25.1 Å². The number of pyridine rings is 1. The first-order valence-electron chi connectivity index (χ1n) is 8.78. The maximum absolute atomic E-state index is 12.7. The molecule has 0 bridgehead atoms. The van der Waals surface area contributed by atoms with E-state index in [0.717, 1.165) is 32.4 Å². The smallest absolute Gasteiger partial charge is 0.233 e. The predicted octanol–water partition coefficient (Wildman–Crippen LogP) is 2.39. The van der Waals surface area contributed by atoms with E-state index in [2.05, 4.69) is 15.2 Å². The third-order valence-electron chi connectivity index (χ3n) is 4.66. The van der Waals surface area contributed by atoms with Gasteiger partial charge in [0.15, 0.2) is 5.15 Å². The van der Waals surface area contributed by atoms with Crippen LogP contribution in [0.3, 0.4) is 0 Å². The lowest BCUT2D eigenvalue weighted by Crippen LogP contribution is -2.56. The van der Waals surface area contributed by atoms with Crippen molar-refractivity contribution in [2.24, 2.45) is 0 Å². The molecule has 2 aliphatic heterocycles. The van der Waals surface area contributed by atoms with Gasteiger partial charge < -0.3 is 15.0 Å². The summed E-state index contributed by atoms with van der Waals surface area (Å²) in [5, 5.41) is 2.97. The van der Waals surface area contributed by atoms with Gasteiger partial charge >= 0.3 is 0 Å². The molecule has 2 aliphatic rings. The number of amides is 2. The number of aromatic nitrogens is 1. The monoisotopic (exact) mass is 400 g/mol. The Kier molecular flexibility index (Phi) is 6.69. The second-order valence-electron chi connectivity index (χ2n) is 6.41. The van der Waals surface area contributed by atoms with E-state index in [1.807, 2.05) is 4.90 Å². The van der Waals surface area contributed by atoms with Crippen molar-refractivity contribution >= 4 is 40.7 Å². The summed E-state index contributed by atoms with van der Waals surface area (Å²) in [6, 6.07) is 3.10. The molecule has 9 heteroatoms. The van der Waals surface area contributed by atoms with Crippen molar-refractivity contribution in [3.63, 3.8) is 0 Å². The van der Waals surface area contributed by atoms with Crippen molar-refractivity contribution in [2.45, 2.75) is 31.8 Å². The van der Waals surface area contributed by atoms with Crippen LogP contribution in [0.15, 0.2) is 12.1 Å². The zero-order chi connectivity index (χ0) is 18.5. The number of carbonyl (C=O) groups excluding carboxylic acids is 2. The van der Waals surface area contributed by atoms with Gasteiger partial charge in [0.25, 0.3) is 0 Å². The number of nitrogens with zero attached hydrogens (tertiary/aromatic N) is 3. The highest BCUT2D eigenvalue weighted by atomic mass is 35.5. The van der Waals surface area contributed by atoms with Gasteiger partial charge in [-0.3, -0.25) is 14.5 Å². The van der Waals surface area contributed by atoms with Crippen molar-refractivity contribution < 1.29 is 14.3 Å². The maximum atomic E-state index is 12.7. The molecule has 0 spiro atoms. The van der Waals surface area contributed by atoms with Crippen LogP contribution in [0.4, 0.5) is 5.69 Å². The van der Waals surface area contributed by atoms with Crippen LogP contribution in [0.25, 0.3) is 0 Å².